The van der Waals surface area contributed by atoms with E-state index in [4.69, 9.17) is 5.11 Å². The molecule has 20 heavy (non-hydrogen) atoms. The Balaban J connectivity index is 2.67. The molecule has 0 radical (unpaired) electrons. The molecule has 0 bridgehead atoms. The predicted octanol–water partition coefficient (Wildman–Crippen LogP) is 3.24. The van der Waals surface area contributed by atoms with Crippen LogP contribution in [0.5, 0.6) is 0 Å². The second kappa shape index (κ2) is 5.04. The van der Waals surface area contributed by atoms with E-state index in [9.17, 15) is 23.7 Å². The van der Waals surface area contributed by atoms with Crippen LogP contribution in [-0.4, -0.2) is 16.0 Å². The van der Waals surface area contributed by atoms with Gasteiger partial charge < -0.3 is 5.11 Å². The average Bonchev–Trinajstić information content (AvgIpc) is 2.38. The average molecular weight is 279 g/mol. The van der Waals surface area contributed by atoms with Crippen LogP contribution in [0.1, 0.15) is 10.4 Å². The van der Waals surface area contributed by atoms with Crippen molar-refractivity contribution in [2.75, 3.05) is 0 Å². The molecule has 0 amide bonds. The van der Waals surface area contributed by atoms with Gasteiger partial charge in [0, 0.05) is 17.7 Å². The number of halogens is 2. The summed E-state index contributed by atoms with van der Waals surface area (Å²) in [7, 11) is 0. The van der Waals surface area contributed by atoms with Crippen molar-refractivity contribution in [3.63, 3.8) is 0 Å². The number of carboxylic acid groups (broad SMARTS) is 1. The van der Waals surface area contributed by atoms with Crippen LogP contribution in [0.15, 0.2) is 36.4 Å². The summed E-state index contributed by atoms with van der Waals surface area (Å²) in [5.74, 6) is -3.11. The number of rotatable bonds is 3. The summed E-state index contributed by atoms with van der Waals surface area (Å²) in [6.45, 7) is 0. The molecule has 2 aromatic carbocycles. The first-order valence-corrected chi connectivity index (χ1v) is 5.37. The number of nitrogens with zero attached hydrogens (tertiary/aromatic N) is 1. The molecule has 0 saturated heterocycles. The van der Waals surface area contributed by atoms with E-state index < -0.39 is 28.2 Å². The number of nitro benzene ring substituents is 1. The SMILES string of the molecule is O=C(O)c1ccc(-c2ccc(F)cc2F)c([N+](=O)[O-])c1. The zero-order valence-electron chi connectivity index (χ0n) is 9.84. The van der Waals surface area contributed by atoms with Crippen LogP contribution in [0.2, 0.25) is 0 Å². The van der Waals surface area contributed by atoms with Crippen molar-refractivity contribution < 1.29 is 23.6 Å². The van der Waals surface area contributed by atoms with Gasteiger partial charge in [-0.1, -0.05) is 0 Å². The largest absolute Gasteiger partial charge is 0.478 e. The van der Waals surface area contributed by atoms with E-state index >= 15 is 0 Å². The van der Waals surface area contributed by atoms with Gasteiger partial charge in [-0.25, -0.2) is 13.6 Å². The third kappa shape index (κ3) is 2.46. The number of aromatic carboxylic acids is 1. The van der Waals surface area contributed by atoms with Crippen LogP contribution in [0.3, 0.4) is 0 Å². The second-order valence-corrected chi connectivity index (χ2v) is 3.92. The van der Waals surface area contributed by atoms with E-state index in [-0.39, 0.29) is 16.7 Å². The number of carbonyl (C=O) groups is 1. The summed E-state index contributed by atoms with van der Waals surface area (Å²) >= 11 is 0. The molecular formula is C13H7F2NO4. The zero-order chi connectivity index (χ0) is 14.9. The minimum atomic E-state index is -1.33. The highest BCUT2D eigenvalue weighted by Crippen LogP contribution is 2.32. The summed E-state index contributed by atoms with van der Waals surface area (Å²) < 4.78 is 26.5. The second-order valence-electron chi connectivity index (χ2n) is 3.92. The lowest BCUT2D eigenvalue weighted by Gasteiger charge is -2.06. The van der Waals surface area contributed by atoms with Gasteiger partial charge in [0.25, 0.3) is 5.69 Å². The van der Waals surface area contributed by atoms with Gasteiger partial charge in [0.05, 0.1) is 16.1 Å². The molecule has 0 fully saturated rings. The molecule has 0 aliphatic heterocycles. The molecule has 0 atom stereocenters. The Morgan fingerprint density at radius 3 is 2.30 bits per heavy atom. The number of hydrogen-bond acceptors (Lipinski definition) is 3. The van der Waals surface area contributed by atoms with Crippen LogP contribution in [-0.2, 0) is 0 Å². The summed E-state index contributed by atoms with van der Waals surface area (Å²) in [5.41, 5.74) is -1.13. The van der Waals surface area contributed by atoms with Gasteiger partial charge in [0.2, 0.25) is 0 Å². The minimum Gasteiger partial charge on any atom is -0.478 e. The fourth-order valence-corrected chi connectivity index (χ4v) is 1.75. The third-order valence-corrected chi connectivity index (χ3v) is 2.66. The van der Waals surface area contributed by atoms with E-state index in [1.54, 1.807) is 0 Å². The lowest BCUT2D eigenvalue weighted by Crippen LogP contribution is -2.00. The molecule has 0 aromatic heterocycles. The highest BCUT2D eigenvalue weighted by molar-refractivity contribution is 5.90. The first kappa shape index (κ1) is 13.6. The molecule has 0 aliphatic rings. The molecule has 7 heteroatoms. The van der Waals surface area contributed by atoms with Crippen molar-refractivity contribution in [3.05, 3.63) is 63.7 Å². The molecule has 5 nitrogen and oxygen atoms in total. The molecule has 0 heterocycles. The van der Waals surface area contributed by atoms with Gasteiger partial charge >= 0.3 is 5.97 Å². The van der Waals surface area contributed by atoms with Crippen molar-refractivity contribution in [1.29, 1.82) is 0 Å². The first-order valence-electron chi connectivity index (χ1n) is 5.37. The van der Waals surface area contributed by atoms with E-state index in [0.717, 1.165) is 30.3 Å². The van der Waals surface area contributed by atoms with Crippen LogP contribution >= 0.6 is 0 Å². The molecule has 1 N–H and O–H groups in total. The van der Waals surface area contributed by atoms with E-state index in [2.05, 4.69) is 0 Å². The standard InChI is InChI=1S/C13H7F2NO4/c14-8-2-4-9(11(15)6-8)10-3-1-7(13(17)18)5-12(10)16(19)20/h1-6H,(H,17,18). The van der Waals surface area contributed by atoms with Crippen LogP contribution in [0.4, 0.5) is 14.5 Å². The fourth-order valence-electron chi connectivity index (χ4n) is 1.75. The minimum absolute atomic E-state index is 0.113. The van der Waals surface area contributed by atoms with E-state index in [1.165, 1.54) is 0 Å². The molecule has 0 saturated carbocycles. The lowest BCUT2D eigenvalue weighted by molar-refractivity contribution is -0.384. The Morgan fingerprint density at radius 1 is 1.10 bits per heavy atom. The highest BCUT2D eigenvalue weighted by Gasteiger charge is 2.20. The maximum absolute atomic E-state index is 13.7. The van der Waals surface area contributed by atoms with Crippen LogP contribution in [0, 0.1) is 21.7 Å². The van der Waals surface area contributed by atoms with Gasteiger partial charge in [-0.2, -0.15) is 0 Å². The molecule has 0 aliphatic carbocycles. The van der Waals surface area contributed by atoms with E-state index in [1.807, 2.05) is 0 Å². The Kier molecular flexibility index (Phi) is 3.43. The topological polar surface area (TPSA) is 80.4 Å². The van der Waals surface area contributed by atoms with Crippen molar-refractivity contribution in [2.24, 2.45) is 0 Å². The van der Waals surface area contributed by atoms with Crippen molar-refractivity contribution >= 4 is 11.7 Å². The van der Waals surface area contributed by atoms with Crippen molar-refractivity contribution in [3.8, 4) is 11.1 Å². The van der Waals surface area contributed by atoms with E-state index in [0.29, 0.717) is 6.07 Å². The molecule has 102 valence electrons. The quantitative estimate of drug-likeness (QED) is 0.690. The maximum Gasteiger partial charge on any atom is 0.335 e. The van der Waals surface area contributed by atoms with Gasteiger partial charge in [-0.3, -0.25) is 10.1 Å². The Morgan fingerprint density at radius 2 is 1.75 bits per heavy atom. The van der Waals surface area contributed by atoms with Gasteiger partial charge in [0.15, 0.2) is 0 Å². The highest BCUT2D eigenvalue weighted by atomic mass is 19.1. The summed E-state index contributed by atoms with van der Waals surface area (Å²) in [6.07, 6.45) is 0. The number of hydrogen-bond donors (Lipinski definition) is 1. The van der Waals surface area contributed by atoms with Gasteiger partial charge in [0.1, 0.15) is 11.6 Å². The van der Waals surface area contributed by atoms with Crippen LogP contribution in [0.25, 0.3) is 11.1 Å². The monoisotopic (exact) mass is 279 g/mol. The third-order valence-electron chi connectivity index (χ3n) is 2.66. The Bertz CT molecular complexity index is 716. The summed E-state index contributed by atoms with van der Waals surface area (Å²) in [5, 5.41) is 19.8. The fraction of sp³-hybridized carbons (Fsp3) is 0. The number of benzene rings is 2. The summed E-state index contributed by atoms with van der Waals surface area (Å²) in [4.78, 5) is 20.9. The number of carboxylic acids is 1. The molecular weight excluding hydrogens is 272 g/mol. The normalized spacial score (nSPS) is 10.3. The first-order chi connectivity index (χ1) is 9.40. The smallest absolute Gasteiger partial charge is 0.335 e. The van der Waals surface area contributed by atoms with Crippen molar-refractivity contribution in [1.82, 2.24) is 0 Å². The van der Waals surface area contributed by atoms with Crippen LogP contribution < -0.4 is 0 Å². The number of nitro groups is 1. The van der Waals surface area contributed by atoms with Gasteiger partial charge in [-0.05, 0) is 24.3 Å². The zero-order valence-corrected chi connectivity index (χ0v) is 9.84. The molecule has 2 aromatic rings. The molecule has 0 unspecified atom stereocenters. The van der Waals surface area contributed by atoms with Gasteiger partial charge in [-0.15, -0.1) is 0 Å². The predicted molar refractivity (Wildman–Crippen MR) is 65.4 cm³/mol. The Labute approximate surface area is 111 Å². The molecule has 0 spiro atoms. The Hall–Kier alpha value is -2.83. The lowest BCUT2D eigenvalue weighted by atomic mass is 10.0. The van der Waals surface area contributed by atoms with Crippen molar-refractivity contribution in [2.45, 2.75) is 0 Å². The molecule has 2 rings (SSSR count). The maximum atomic E-state index is 13.7. The summed E-state index contributed by atoms with van der Waals surface area (Å²) in [6, 6.07) is 5.71.